The molecule has 0 unspecified atom stereocenters. The van der Waals surface area contributed by atoms with Gasteiger partial charge >= 0.3 is 13.7 Å². The topological polar surface area (TPSA) is 90.9 Å². The maximum Gasteiger partial charge on any atom is 0.408 e. The number of carbonyl (C=O) groups excluding carboxylic acids is 2. The van der Waals surface area contributed by atoms with E-state index < -0.39 is 31.7 Å². The van der Waals surface area contributed by atoms with Crippen LogP contribution >= 0.6 is 7.60 Å². The molecule has 0 bridgehead atoms. The molecule has 8 heteroatoms. The summed E-state index contributed by atoms with van der Waals surface area (Å²) in [5.41, 5.74) is 1.67. The van der Waals surface area contributed by atoms with Gasteiger partial charge in [0.05, 0.1) is 6.04 Å². The van der Waals surface area contributed by atoms with Crippen LogP contribution in [0.1, 0.15) is 11.1 Å². The number of Topliss-reactive ketones (excluding diaryl/α,β-unsaturated/α-hetero) is 1. The van der Waals surface area contributed by atoms with Gasteiger partial charge in [-0.15, -0.1) is 0 Å². The van der Waals surface area contributed by atoms with Crippen molar-refractivity contribution in [2.75, 3.05) is 20.4 Å². The van der Waals surface area contributed by atoms with E-state index in [1.165, 1.54) is 14.2 Å². The van der Waals surface area contributed by atoms with Crippen LogP contribution < -0.4 is 5.32 Å². The quantitative estimate of drug-likeness (QED) is 0.608. The molecule has 0 saturated heterocycles. The Morgan fingerprint density at radius 1 is 0.929 bits per heavy atom. The van der Waals surface area contributed by atoms with Crippen molar-refractivity contribution < 1.29 is 27.9 Å². The average molecular weight is 405 g/mol. The molecule has 0 aliphatic heterocycles. The van der Waals surface area contributed by atoms with Crippen molar-refractivity contribution >= 4 is 19.5 Å². The Balaban J connectivity index is 2.05. The second-order valence-corrected chi connectivity index (χ2v) is 8.32. The zero-order valence-corrected chi connectivity index (χ0v) is 16.8. The van der Waals surface area contributed by atoms with E-state index in [9.17, 15) is 14.2 Å². The van der Waals surface area contributed by atoms with E-state index in [1.54, 1.807) is 0 Å². The number of amides is 1. The first-order chi connectivity index (χ1) is 13.5. The number of rotatable bonds is 10. The lowest BCUT2D eigenvalue weighted by molar-refractivity contribution is -0.118. The van der Waals surface area contributed by atoms with E-state index in [4.69, 9.17) is 13.8 Å². The van der Waals surface area contributed by atoms with Crippen molar-refractivity contribution in [1.29, 1.82) is 0 Å². The first-order valence-corrected chi connectivity index (χ1v) is 10.4. The van der Waals surface area contributed by atoms with Gasteiger partial charge in [-0.3, -0.25) is 9.36 Å². The van der Waals surface area contributed by atoms with Crippen molar-refractivity contribution in [3.05, 3.63) is 71.8 Å². The standard InChI is InChI=1S/C20H24NO6P/c1-25-28(24,26-2)15-19(22)18(13-16-9-5-3-6-10-16)21-20(23)27-14-17-11-7-4-8-12-17/h3-12,18H,13-15H2,1-2H3,(H,21,23)/t18-/m0/s1. The fourth-order valence-corrected chi connectivity index (χ4v) is 3.52. The predicted molar refractivity (Wildman–Crippen MR) is 105 cm³/mol. The second kappa shape index (κ2) is 10.8. The minimum absolute atomic E-state index is 0.0769. The van der Waals surface area contributed by atoms with E-state index in [2.05, 4.69) is 5.32 Å². The number of benzene rings is 2. The molecule has 0 saturated carbocycles. The molecular weight excluding hydrogens is 381 g/mol. The number of alkyl carbamates (subject to hydrolysis) is 1. The highest BCUT2D eigenvalue weighted by atomic mass is 31.2. The maximum atomic E-state index is 12.7. The summed E-state index contributed by atoms with van der Waals surface area (Å²) in [6.07, 6.45) is -0.952. The normalized spacial score (nSPS) is 12.2. The number of hydrogen-bond acceptors (Lipinski definition) is 6. The van der Waals surface area contributed by atoms with Gasteiger partial charge in [0.2, 0.25) is 0 Å². The molecule has 0 aliphatic carbocycles. The molecule has 28 heavy (non-hydrogen) atoms. The number of nitrogens with one attached hydrogen (secondary N) is 1. The van der Waals surface area contributed by atoms with Gasteiger partial charge in [0.1, 0.15) is 12.8 Å². The minimum Gasteiger partial charge on any atom is -0.445 e. The molecular formula is C20H24NO6P. The molecule has 7 nitrogen and oxygen atoms in total. The summed E-state index contributed by atoms with van der Waals surface area (Å²) in [7, 11) is -1.12. The highest BCUT2D eigenvalue weighted by molar-refractivity contribution is 7.54. The molecule has 2 aromatic rings. The Hall–Kier alpha value is -2.47. The Labute approximate surface area is 164 Å². The second-order valence-electron chi connectivity index (χ2n) is 6.05. The monoisotopic (exact) mass is 405 g/mol. The van der Waals surface area contributed by atoms with Crippen LogP contribution in [0.3, 0.4) is 0 Å². The van der Waals surface area contributed by atoms with Crippen LogP contribution in [0.15, 0.2) is 60.7 Å². The molecule has 0 radical (unpaired) electrons. The molecule has 1 atom stereocenters. The Morgan fingerprint density at radius 2 is 1.46 bits per heavy atom. The van der Waals surface area contributed by atoms with Crippen molar-refractivity contribution in [1.82, 2.24) is 5.32 Å². The lowest BCUT2D eigenvalue weighted by Crippen LogP contribution is -2.44. The number of ketones is 1. The smallest absolute Gasteiger partial charge is 0.408 e. The van der Waals surface area contributed by atoms with E-state index in [1.807, 2.05) is 60.7 Å². The van der Waals surface area contributed by atoms with Crippen LogP contribution in [0.5, 0.6) is 0 Å². The van der Waals surface area contributed by atoms with Gasteiger partial charge < -0.3 is 19.1 Å². The van der Waals surface area contributed by atoms with E-state index >= 15 is 0 Å². The molecule has 0 aliphatic rings. The summed E-state index contributed by atoms with van der Waals surface area (Å²) in [5, 5.41) is 2.56. The molecule has 1 N–H and O–H groups in total. The number of carbonyl (C=O) groups is 2. The summed E-state index contributed by atoms with van der Waals surface area (Å²) in [6.45, 7) is 0.0769. The zero-order chi connectivity index (χ0) is 20.4. The number of ether oxygens (including phenoxy) is 1. The predicted octanol–water partition coefficient (Wildman–Crippen LogP) is 3.58. The molecule has 0 heterocycles. The zero-order valence-electron chi connectivity index (χ0n) is 15.9. The van der Waals surface area contributed by atoms with Gasteiger partial charge in [0.25, 0.3) is 0 Å². The fraction of sp³-hybridized carbons (Fsp3) is 0.300. The van der Waals surface area contributed by atoms with Crippen molar-refractivity contribution in [2.45, 2.75) is 19.1 Å². The van der Waals surface area contributed by atoms with Crippen molar-refractivity contribution in [3.8, 4) is 0 Å². The first kappa shape index (κ1) is 21.8. The average Bonchev–Trinajstić information content (AvgIpc) is 2.73. The van der Waals surface area contributed by atoms with Crippen LogP contribution in [0.4, 0.5) is 4.79 Å². The third-order valence-electron chi connectivity index (χ3n) is 4.08. The highest BCUT2D eigenvalue weighted by Crippen LogP contribution is 2.46. The third kappa shape index (κ3) is 6.93. The fourth-order valence-electron chi connectivity index (χ4n) is 2.51. The third-order valence-corrected chi connectivity index (χ3v) is 5.89. The van der Waals surface area contributed by atoms with Crippen LogP contribution in [-0.4, -0.2) is 38.3 Å². The minimum atomic E-state index is -3.54. The van der Waals surface area contributed by atoms with Crippen LogP contribution in [0.2, 0.25) is 0 Å². The summed E-state index contributed by atoms with van der Waals surface area (Å²) < 4.78 is 27.2. The molecule has 0 fully saturated rings. The molecule has 2 rings (SSSR count). The van der Waals surface area contributed by atoms with Gasteiger partial charge in [0, 0.05) is 14.2 Å². The summed E-state index contributed by atoms with van der Waals surface area (Å²) >= 11 is 0. The molecule has 0 aromatic heterocycles. The van der Waals surface area contributed by atoms with E-state index in [0.717, 1.165) is 11.1 Å². The lowest BCUT2D eigenvalue weighted by atomic mass is 10.0. The molecule has 1 amide bonds. The number of hydrogen-bond donors (Lipinski definition) is 1. The highest BCUT2D eigenvalue weighted by Gasteiger charge is 2.31. The lowest BCUT2D eigenvalue weighted by Gasteiger charge is -2.20. The maximum absolute atomic E-state index is 12.7. The van der Waals surface area contributed by atoms with E-state index in [0.29, 0.717) is 0 Å². The van der Waals surface area contributed by atoms with Gasteiger partial charge in [-0.1, -0.05) is 60.7 Å². The van der Waals surface area contributed by atoms with E-state index in [-0.39, 0.29) is 13.0 Å². The van der Waals surface area contributed by atoms with Gasteiger partial charge in [0.15, 0.2) is 5.78 Å². The Morgan fingerprint density at radius 3 is 2.00 bits per heavy atom. The molecule has 0 spiro atoms. The Kier molecular flexibility index (Phi) is 8.39. The summed E-state index contributed by atoms with van der Waals surface area (Å²) in [4.78, 5) is 24.9. The van der Waals surface area contributed by atoms with Gasteiger partial charge in [-0.25, -0.2) is 4.79 Å². The summed E-state index contributed by atoms with van der Waals surface area (Å²) in [5.74, 6) is -0.465. The molecule has 2 aromatic carbocycles. The first-order valence-electron chi connectivity index (χ1n) is 8.70. The van der Waals surface area contributed by atoms with Gasteiger partial charge in [-0.2, -0.15) is 0 Å². The Bertz CT molecular complexity index is 804. The van der Waals surface area contributed by atoms with Crippen LogP contribution in [0.25, 0.3) is 0 Å². The van der Waals surface area contributed by atoms with Gasteiger partial charge in [-0.05, 0) is 17.5 Å². The van der Waals surface area contributed by atoms with Crippen LogP contribution in [0, 0.1) is 0 Å². The summed E-state index contributed by atoms with van der Waals surface area (Å²) in [6, 6.07) is 17.5. The SMILES string of the molecule is COP(=O)(CC(=O)[C@H](Cc1ccccc1)NC(=O)OCc1ccccc1)OC. The van der Waals surface area contributed by atoms with Crippen molar-refractivity contribution in [2.24, 2.45) is 0 Å². The largest absolute Gasteiger partial charge is 0.445 e. The molecule has 150 valence electrons. The van der Waals surface area contributed by atoms with Crippen LogP contribution in [-0.2, 0) is 36.2 Å². The van der Waals surface area contributed by atoms with Crippen molar-refractivity contribution in [3.63, 3.8) is 0 Å².